The molecule has 2 aliphatic rings. The van der Waals surface area contributed by atoms with Crippen molar-refractivity contribution in [2.45, 2.75) is 12.8 Å². The van der Waals surface area contributed by atoms with Crippen molar-refractivity contribution in [1.82, 2.24) is 19.9 Å². The van der Waals surface area contributed by atoms with Crippen LogP contribution in [0.25, 0.3) is 11.0 Å². The van der Waals surface area contributed by atoms with Crippen molar-refractivity contribution in [1.29, 1.82) is 0 Å². The molecule has 2 fully saturated rings. The standard InChI is InChI=1S/C16H23N5O/c1-2-13(10-20-6-8-22-9-7-20)11-21(5-1)16-15-14(3-4-17-15)18-12-19-16/h3-4,12-13,17H,1-2,5-11H2. The van der Waals surface area contributed by atoms with E-state index < -0.39 is 0 Å². The van der Waals surface area contributed by atoms with Crippen LogP contribution in [0.1, 0.15) is 12.8 Å². The monoisotopic (exact) mass is 301 g/mol. The number of hydrogen-bond acceptors (Lipinski definition) is 5. The minimum absolute atomic E-state index is 0.715. The van der Waals surface area contributed by atoms with E-state index in [2.05, 4.69) is 24.8 Å². The molecule has 2 aliphatic heterocycles. The summed E-state index contributed by atoms with van der Waals surface area (Å²) < 4.78 is 5.45. The molecule has 6 heteroatoms. The van der Waals surface area contributed by atoms with Crippen LogP contribution in [0.2, 0.25) is 0 Å². The number of H-pyrrole nitrogens is 1. The number of hydrogen-bond donors (Lipinski definition) is 1. The first kappa shape index (κ1) is 14.0. The average molecular weight is 301 g/mol. The molecule has 0 aliphatic carbocycles. The molecule has 1 N–H and O–H groups in total. The topological polar surface area (TPSA) is 57.3 Å². The Hall–Kier alpha value is -1.66. The fourth-order valence-corrected chi connectivity index (χ4v) is 3.65. The summed E-state index contributed by atoms with van der Waals surface area (Å²) >= 11 is 0. The Balaban J connectivity index is 1.47. The van der Waals surface area contributed by atoms with Crippen LogP contribution in [-0.4, -0.2) is 65.8 Å². The molecule has 6 nitrogen and oxygen atoms in total. The number of anilines is 1. The van der Waals surface area contributed by atoms with Crippen molar-refractivity contribution in [3.05, 3.63) is 18.6 Å². The van der Waals surface area contributed by atoms with E-state index in [0.29, 0.717) is 5.92 Å². The zero-order chi connectivity index (χ0) is 14.8. The van der Waals surface area contributed by atoms with E-state index in [1.807, 2.05) is 12.3 Å². The Bertz CT molecular complexity index is 622. The molecule has 118 valence electrons. The number of piperidine rings is 1. The second kappa shape index (κ2) is 6.22. The van der Waals surface area contributed by atoms with Crippen molar-refractivity contribution < 1.29 is 4.74 Å². The number of nitrogens with one attached hydrogen (secondary N) is 1. The van der Waals surface area contributed by atoms with Crippen molar-refractivity contribution in [3.8, 4) is 0 Å². The molecule has 0 bridgehead atoms. The predicted molar refractivity (Wildman–Crippen MR) is 86.1 cm³/mol. The molecule has 0 radical (unpaired) electrons. The average Bonchev–Trinajstić information content (AvgIpc) is 3.04. The van der Waals surface area contributed by atoms with E-state index in [1.165, 1.54) is 19.4 Å². The van der Waals surface area contributed by atoms with Crippen LogP contribution in [0.15, 0.2) is 18.6 Å². The third-order valence-electron chi connectivity index (χ3n) is 4.76. The third kappa shape index (κ3) is 2.80. The highest BCUT2D eigenvalue weighted by Crippen LogP contribution is 2.26. The molecular formula is C16H23N5O. The quantitative estimate of drug-likeness (QED) is 0.931. The summed E-state index contributed by atoms with van der Waals surface area (Å²) in [6.45, 7) is 7.26. The Morgan fingerprint density at radius 3 is 3.05 bits per heavy atom. The van der Waals surface area contributed by atoms with E-state index >= 15 is 0 Å². The molecule has 0 amide bonds. The van der Waals surface area contributed by atoms with Crippen LogP contribution in [0.3, 0.4) is 0 Å². The van der Waals surface area contributed by atoms with E-state index in [4.69, 9.17) is 4.74 Å². The SMILES string of the molecule is c1nc(N2CCCC(CN3CCOCC3)C2)c2[nH]ccc2n1. The largest absolute Gasteiger partial charge is 0.379 e. The fraction of sp³-hybridized carbons (Fsp3) is 0.625. The van der Waals surface area contributed by atoms with Gasteiger partial charge in [0.1, 0.15) is 11.8 Å². The van der Waals surface area contributed by atoms with E-state index in [9.17, 15) is 0 Å². The summed E-state index contributed by atoms with van der Waals surface area (Å²) in [5, 5.41) is 0. The molecule has 4 rings (SSSR count). The van der Waals surface area contributed by atoms with Crippen LogP contribution in [0, 0.1) is 5.92 Å². The number of rotatable bonds is 3. The molecule has 1 atom stereocenters. The maximum absolute atomic E-state index is 5.45. The molecule has 1 unspecified atom stereocenters. The number of ether oxygens (including phenoxy) is 1. The van der Waals surface area contributed by atoms with Gasteiger partial charge in [0.2, 0.25) is 0 Å². The highest BCUT2D eigenvalue weighted by Gasteiger charge is 2.25. The molecule has 2 saturated heterocycles. The summed E-state index contributed by atoms with van der Waals surface area (Å²) in [4.78, 5) is 17.1. The highest BCUT2D eigenvalue weighted by atomic mass is 16.5. The van der Waals surface area contributed by atoms with Crippen molar-refractivity contribution in [3.63, 3.8) is 0 Å². The Kier molecular flexibility index (Phi) is 3.95. The van der Waals surface area contributed by atoms with Gasteiger partial charge in [-0.2, -0.15) is 0 Å². The van der Waals surface area contributed by atoms with Gasteiger partial charge in [0.25, 0.3) is 0 Å². The van der Waals surface area contributed by atoms with Gasteiger partial charge in [-0.3, -0.25) is 4.90 Å². The molecule has 0 spiro atoms. The molecule has 22 heavy (non-hydrogen) atoms. The van der Waals surface area contributed by atoms with Gasteiger partial charge in [0, 0.05) is 38.9 Å². The lowest BCUT2D eigenvalue weighted by molar-refractivity contribution is 0.0296. The van der Waals surface area contributed by atoms with E-state index in [1.54, 1.807) is 6.33 Å². The summed E-state index contributed by atoms with van der Waals surface area (Å²) in [5.41, 5.74) is 2.06. The highest BCUT2D eigenvalue weighted by molar-refractivity contribution is 5.85. The number of fused-ring (bicyclic) bond motifs is 1. The summed E-state index contributed by atoms with van der Waals surface area (Å²) in [6.07, 6.45) is 6.17. The van der Waals surface area contributed by atoms with Crippen LogP contribution in [0.4, 0.5) is 5.82 Å². The van der Waals surface area contributed by atoms with Crippen molar-refractivity contribution >= 4 is 16.9 Å². The smallest absolute Gasteiger partial charge is 0.156 e. The van der Waals surface area contributed by atoms with Crippen molar-refractivity contribution in [2.75, 3.05) is 50.8 Å². The second-order valence-electron chi connectivity index (χ2n) is 6.30. The summed E-state index contributed by atoms with van der Waals surface area (Å²) in [5.74, 6) is 1.77. The zero-order valence-electron chi connectivity index (χ0n) is 12.9. The van der Waals surface area contributed by atoms with Crippen LogP contribution < -0.4 is 4.90 Å². The van der Waals surface area contributed by atoms with Gasteiger partial charge in [-0.1, -0.05) is 0 Å². The lowest BCUT2D eigenvalue weighted by Gasteiger charge is -2.37. The minimum atomic E-state index is 0.715. The van der Waals surface area contributed by atoms with Crippen molar-refractivity contribution in [2.24, 2.45) is 5.92 Å². The van der Waals surface area contributed by atoms with Gasteiger partial charge in [-0.05, 0) is 24.8 Å². The van der Waals surface area contributed by atoms with E-state index in [-0.39, 0.29) is 0 Å². The van der Waals surface area contributed by atoms with Gasteiger partial charge >= 0.3 is 0 Å². The van der Waals surface area contributed by atoms with Gasteiger partial charge in [-0.15, -0.1) is 0 Å². The Labute approximate surface area is 130 Å². The number of aromatic amines is 1. The van der Waals surface area contributed by atoms with Crippen LogP contribution in [0.5, 0.6) is 0 Å². The molecule has 0 aromatic carbocycles. The minimum Gasteiger partial charge on any atom is -0.379 e. The molecule has 0 saturated carbocycles. The molecule has 4 heterocycles. The lowest BCUT2D eigenvalue weighted by atomic mass is 9.97. The first-order valence-corrected chi connectivity index (χ1v) is 8.23. The second-order valence-corrected chi connectivity index (χ2v) is 6.30. The van der Waals surface area contributed by atoms with Gasteiger partial charge < -0.3 is 14.6 Å². The Morgan fingerprint density at radius 1 is 1.23 bits per heavy atom. The third-order valence-corrected chi connectivity index (χ3v) is 4.76. The predicted octanol–water partition coefficient (Wildman–Crippen LogP) is 1.51. The Morgan fingerprint density at radius 2 is 2.14 bits per heavy atom. The lowest BCUT2D eigenvalue weighted by Crippen LogP contribution is -2.44. The first-order chi connectivity index (χ1) is 10.9. The molecule has 2 aromatic heterocycles. The van der Waals surface area contributed by atoms with Crippen LogP contribution >= 0.6 is 0 Å². The summed E-state index contributed by atoms with van der Waals surface area (Å²) in [6, 6.07) is 2.01. The fourth-order valence-electron chi connectivity index (χ4n) is 3.65. The van der Waals surface area contributed by atoms with Gasteiger partial charge in [0.05, 0.1) is 18.7 Å². The van der Waals surface area contributed by atoms with Gasteiger partial charge in [0.15, 0.2) is 5.82 Å². The number of aromatic nitrogens is 3. The number of morpholine rings is 1. The maximum Gasteiger partial charge on any atom is 0.156 e. The van der Waals surface area contributed by atoms with Crippen LogP contribution in [-0.2, 0) is 4.74 Å². The first-order valence-electron chi connectivity index (χ1n) is 8.23. The normalized spacial score (nSPS) is 24.0. The van der Waals surface area contributed by atoms with Gasteiger partial charge in [-0.25, -0.2) is 9.97 Å². The maximum atomic E-state index is 5.45. The zero-order valence-corrected chi connectivity index (χ0v) is 12.9. The molecular weight excluding hydrogens is 278 g/mol. The van der Waals surface area contributed by atoms with E-state index in [0.717, 1.165) is 56.2 Å². The number of nitrogens with zero attached hydrogens (tertiary/aromatic N) is 4. The molecule has 2 aromatic rings. The summed E-state index contributed by atoms with van der Waals surface area (Å²) in [7, 11) is 0.